The zero-order valence-corrected chi connectivity index (χ0v) is 7.76. The van der Waals surface area contributed by atoms with Crippen molar-refractivity contribution in [2.24, 2.45) is 0 Å². The van der Waals surface area contributed by atoms with E-state index in [0.717, 1.165) is 21.7 Å². The Morgan fingerprint density at radius 3 is 3.00 bits per heavy atom. The zero-order valence-electron chi connectivity index (χ0n) is 6.17. The number of benzene rings is 1. The molecule has 1 aromatic carbocycles. The van der Waals surface area contributed by atoms with Crippen LogP contribution in [0.25, 0.3) is 10.9 Å². The van der Waals surface area contributed by atoms with Gasteiger partial charge in [-0.15, -0.1) is 0 Å². The monoisotopic (exact) mass is 223 g/mol. The molecule has 0 amide bonds. The smallest absolute Gasteiger partial charge is 0.150 e. The number of aromatic nitrogens is 1. The molecule has 0 spiro atoms. The first-order valence-electron chi connectivity index (χ1n) is 3.53. The summed E-state index contributed by atoms with van der Waals surface area (Å²) in [5.74, 6) is 0. The van der Waals surface area contributed by atoms with Crippen LogP contribution >= 0.6 is 15.9 Å². The summed E-state index contributed by atoms with van der Waals surface area (Å²) in [5.41, 5.74) is 1.73. The van der Waals surface area contributed by atoms with Gasteiger partial charge in [-0.2, -0.15) is 0 Å². The highest BCUT2D eigenvalue weighted by atomic mass is 79.9. The van der Waals surface area contributed by atoms with Gasteiger partial charge in [0, 0.05) is 27.1 Å². The molecule has 0 aliphatic rings. The van der Waals surface area contributed by atoms with E-state index in [1.807, 2.05) is 18.3 Å². The zero-order chi connectivity index (χ0) is 8.55. The lowest BCUT2D eigenvalue weighted by molar-refractivity contribution is 0.112. The third kappa shape index (κ3) is 1.06. The fraction of sp³-hybridized carbons (Fsp3) is 0. The molecule has 0 radical (unpaired) electrons. The van der Waals surface area contributed by atoms with Crippen molar-refractivity contribution >= 4 is 33.1 Å². The Balaban J connectivity index is 2.79. The average molecular weight is 224 g/mol. The summed E-state index contributed by atoms with van der Waals surface area (Å²) in [6, 6.07) is 5.53. The van der Waals surface area contributed by atoms with E-state index in [-0.39, 0.29) is 0 Å². The maximum absolute atomic E-state index is 10.5. The van der Waals surface area contributed by atoms with E-state index in [0.29, 0.717) is 5.56 Å². The van der Waals surface area contributed by atoms with Gasteiger partial charge in [-0.1, -0.05) is 0 Å². The van der Waals surface area contributed by atoms with Crippen LogP contribution < -0.4 is 0 Å². The number of carbonyl (C=O) groups is 1. The number of rotatable bonds is 1. The van der Waals surface area contributed by atoms with Crippen molar-refractivity contribution in [1.29, 1.82) is 0 Å². The Morgan fingerprint density at radius 1 is 1.42 bits per heavy atom. The molecule has 0 bridgehead atoms. The average Bonchev–Trinajstić information content (AvgIpc) is 2.47. The lowest BCUT2D eigenvalue weighted by Crippen LogP contribution is -1.77. The number of aldehydes is 1. The maximum Gasteiger partial charge on any atom is 0.150 e. The molecular formula is C9H6BrNO. The maximum atomic E-state index is 10.5. The van der Waals surface area contributed by atoms with Crippen LogP contribution in [0.4, 0.5) is 0 Å². The molecule has 60 valence electrons. The second kappa shape index (κ2) is 2.75. The Labute approximate surface area is 77.7 Å². The number of fused-ring (bicyclic) bond motifs is 1. The highest BCUT2D eigenvalue weighted by Crippen LogP contribution is 2.23. The van der Waals surface area contributed by atoms with Crippen LogP contribution in [0.5, 0.6) is 0 Å². The number of hydrogen-bond acceptors (Lipinski definition) is 1. The summed E-state index contributed by atoms with van der Waals surface area (Å²) in [6.45, 7) is 0. The standard InChI is InChI=1S/C9H6BrNO/c10-8-4-11-9-2-1-6(5-12)3-7(8)9/h1-5,11H. The quantitative estimate of drug-likeness (QED) is 0.742. The molecule has 0 fully saturated rings. The molecule has 0 saturated heterocycles. The van der Waals surface area contributed by atoms with Gasteiger partial charge in [-0.25, -0.2) is 0 Å². The summed E-state index contributed by atoms with van der Waals surface area (Å²) in [4.78, 5) is 13.5. The first-order chi connectivity index (χ1) is 5.81. The molecule has 2 rings (SSSR count). The summed E-state index contributed by atoms with van der Waals surface area (Å²) in [5, 5.41) is 1.04. The van der Waals surface area contributed by atoms with Crippen molar-refractivity contribution in [2.45, 2.75) is 0 Å². The fourth-order valence-electron chi connectivity index (χ4n) is 1.18. The minimum Gasteiger partial charge on any atom is -0.360 e. The Bertz CT molecular complexity index is 433. The molecule has 0 aliphatic carbocycles. The minimum atomic E-state index is 0.697. The van der Waals surface area contributed by atoms with Crippen molar-refractivity contribution < 1.29 is 4.79 Å². The van der Waals surface area contributed by atoms with Gasteiger partial charge in [-0.05, 0) is 34.1 Å². The summed E-state index contributed by atoms with van der Waals surface area (Å²) >= 11 is 3.38. The number of halogens is 1. The second-order valence-electron chi connectivity index (χ2n) is 2.56. The van der Waals surface area contributed by atoms with Gasteiger partial charge in [0.15, 0.2) is 0 Å². The third-order valence-corrected chi connectivity index (χ3v) is 2.45. The van der Waals surface area contributed by atoms with Gasteiger partial charge >= 0.3 is 0 Å². The lowest BCUT2D eigenvalue weighted by Gasteiger charge is -1.91. The van der Waals surface area contributed by atoms with E-state index in [4.69, 9.17) is 0 Å². The number of hydrogen-bond donors (Lipinski definition) is 1. The molecule has 1 aromatic heterocycles. The summed E-state index contributed by atoms with van der Waals surface area (Å²) in [6.07, 6.45) is 2.71. The van der Waals surface area contributed by atoms with E-state index in [9.17, 15) is 4.79 Å². The van der Waals surface area contributed by atoms with Crippen LogP contribution in [-0.2, 0) is 0 Å². The van der Waals surface area contributed by atoms with E-state index in [2.05, 4.69) is 20.9 Å². The molecule has 1 N–H and O–H groups in total. The van der Waals surface area contributed by atoms with Crippen molar-refractivity contribution in [3.8, 4) is 0 Å². The van der Waals surface area contributed by atoms with Gasteiger partial charge in [-0.3, -0.25) is 4.79 Å². The molecule has 0 atom stereocenters. The Hall–Kier alpha value is -1.09. The molecule has 2 nitrogen and oxygen atoms in total. The molecule has 0 unspecified atom stereocenters. The number of nitrogens with one attached hydrogen (secondary N) is 1. The first-order valence-corrected chi connectivity index (χ1v) is 4.32. The largest absolute Gasteiger partial charge is 0.360 e. The van der Waals surface area contributed by atoms with Crippen LogP contribution in [0, 0.1) is 0 Å². The normalized spacial score (nSPS) is 10.4. The predicted octanol–water partition coefficient (Wildman–Crippen LogP) is 2.74. The Morgan fingerprint density at radius 2 is 2.25 bits per heavy atom. The van der Waals surface area contributed by atoms with Crippen molar-refractivity contribution in [3.05, 3.63) is 34.4 Å². The van der Waals surface area contributed by atoms with Crippen LogP contribution in [0.1, 0.15) is 10.4 Å². The van der Waals surface area contributed by atoms with E-state index in [1.165, 1.54) is 0 Å². The topological polar surface area (TPSA) is 32.9 Å². The van der Waals surface area contributed by atoms with Crippen molar-refractivity contribution in [1.82, 2.24) is 4.98 Å². The molecule has 0 aliphatic heterocycles. The van der Waals surface area contributed by atoms with Crippen LogP contribution in [0.2, 0.25) is 0 Å². The molecule has 1 heterocycles. The van der Waals surface area contributed by atoms with Gasteiger partial charge in [0.05, 0.1) is 0 Å². The molecule has 2 aromatic rings. The van der Waals surface area contributed by atoms with Crippen LogP contribution in [0.15, 0.2) is 28.9 Å². The minimum absolute atomic E-state index is 0.697. The highest BCUT2D eigenvalue weighted by Gasteiger charge is 2.00. The molecule has 0 saturated carbocycles. The third-order valence-electron chi connectivity index (χ3n) is 1.79. The Kier molecular flexibility index (Phi) is 1.73. The van der Waals surface area contributed by atoms with Crippen LogP contribution in [-0.4, -0.2) is 11.3 Å². The van der Waals surface area contributed by atoms with Gasteiger partial charge in [0.2, 0.25) is 0 Å². The van der Waals surface area contributed by atoms with Crippen molar-refractivity contribution in [3.63, 3.8) is 0 Å². The first kappa shape index (κ1) is 7.55. The van der Waals surface area contributed by atoms with Crippen molar-refractivity contribution in [2.75, 3.05) is 0 Å². The SMILES string of the molecule is O=Cc1ccc2[nH]cc(Br)c2c1. The number of carbonyl (C=O) groups excluding carboxylic acids is 1. The van der Waals surface area contributed by atoms with Gasteiger partial charge in [0.25, 0.3) is 0 Å². The second-order valence-corrected chi connectivity index (χ2v) is 3.41. The fourth-order valence-corrected chi connectivity index (χ4v) is 1.62. The molecule has 3 heteroatoms. The number of aromatic amines is 1. The number of H-pyrrole nitrogens is 1. The lowest BCUT2D eigenvalue weighted by atomic mass is 10.2. The van der Waals surface area contributed by atoms with E-state index >= 15 is 0 Å². The van der Waals surface area contributed by atoms with Crippen LogP contribution in [0.3, 0.4) is 0 Å². The molecule has 12 heavy (non-hydrogen) atoms. The van der Waals surface area contributed by atoms with E-state index < -0.39 is 0 Å². The summed E-state index contributed by atoms with van der Waals surface area (Å²) < 4.78 is 0.987. The van der Waals surface area contributed by atoms with E-state index in [1.54, 1.807) is 6.07 Å². The summed E-state index contributed by atoms with van der Waals surface area (Å²) in [7, 11) is 0. The molecular weight excluding hydrogens is 218 g/mol. The van der Waals surface area contributed by atoms with Gasteiger partial charge < -0.3 is 4.98 Å². The van der Waals surface area contributed by atoms with Gasteiger partial charge in [0.1, 0.15) is 6.29 Å². The highest BCUT2D eigenvalue weighted by molar-refractivity contribution is 9.10. The predicted molar refractivity (Wildman–Crippen MR) is 51.4 cm³/mol.